The Hall–Kier alpha value is -3.34. The van der Waals surface area contributed by atoms with Gasteiger partial charge in [-0.3, -0.25) is 9.69 Å². The molecule has 7 nitrogen and oxygen atoms in total. The first kappa shape index (κ1) is 67.7. The summed E-state index contributed by atoms with van der Waals surface area (Å²) in [6.07, 6.45) is 24.2. The van der Waals surface area contributed by atoms with Crippen LogP contribution in [0.2, 0.25) is 0 Å². The SMILES string of the molecule is C=CCC.CC(=C1CC1)C1CCCN1C.CC(C)(C)C.CC/C=C(/NCC=O)C(N)Cc1cccc(CN)c1.CC1CCC1.CCC(C)/C=C(/C)c1cc(F)ccc1C.COCC(=O)C1CCC1.S. The number of benzene rings is 2. The number of rotatable bonds is 16. The van der Waals surface area contributed by atoms with Crippen LogP contribution in [0.5, 0.6) is 0 Å². The predicted molar refractivity (Wildman–Crippen MR) is 304 cm³/mol. The number of hydrogen-bond acceptors (Lipinski definition) is 7. The van der Waals surface area contributed by atoms with E-state index >= 15 is 0 Å². The van der Waals surface area contributed by atoms with E-state index in [0.29, 0.717) is 36.9 Å². The minimum absolute atomic E-state index is 0. The number of methoxy groups -OCH3 is 1. The lowest BCUT2D eigenvalue weighted by atomic mass is 9.82. The van der Waals surface area contributed by atoms with Crippen molar-refractivity contribution >= 4 is 31.1 Å². The molecule has 4 fully saturated rings. The Morgan fingerprint density at radius 3 is 1.97 bits per heavy atom. The molecule has 1 heterocycles. The van der Waals surface area contributed by atoms with Gasteiger partial charge in [-0.15, -0.1) is 6.58 Å². The van der Waals surface area contributed by atoms with Gasteiger partial charge in [0.25, 0.3) is 0 Å². The van der Waals surface area contributed by atoms with Crippen molar-refractivity contribution in [2.45, 2.75) is 192 Å². The van der Waals surface area contributed by atoms with Gasteiger partial charge >= 0.3 is 0 Å². The Bertz CT molecular complexity index is 1780. The summed E-state index contributed by atoms with van der Waals surface area (Å²) in [6.45, 7) is 31.8. The number of ether oxygens (including phenoxy) is 1. The maximum Gasteiger partial charge on any atom is 0.161 e. The van der Waals surface area contributed by atoms with Gasteiger partial charge in [0.1, 0.15) is 18.7 Å². The van der Waals surface area contributed by atoms with Gasteiger partial charge in [-0.05, 0) is 149 Å². The third-order valence-electron chi connectivity index (χ3n) is 12.3. The van der Waals surface area contributed by atoms with Gasteiger partial charge in [-0.2, -0.15) is 13.5 Å². The first-order chi connectivity index (χ1) is 32.2. The summed E-state index contributed by atoms with van der Waals surface area (Å²) in [5.74, 6) is 2.07. The fourth-order valence-corrected chi connectivity index (χ4v) is 7.39. The highest BCUT2D eigenvalue weighted by Crippen LogP contribution is 2.36. The fraction of sp³-hybridized carbons (Fsp3) is 0.633. The minimum Gasteiger partial charge on any atom is -0.381 e. The summed E-state index contributed by atoms with van der Waals surface area (Å²) in [6, 6.07) is 13.7. The zero-order valence-electron chi connectivity index (χ0n) is 46.4. The van der Waals surface area contributed by atoms with Gasteiger partial charge in [0, 0.05) is 37.4 Å². The van der Waals surface area contributed by atoms with Crippen molar-refractivity contribution in [3.05, 3.63) is 112 Å². The molecule has 9 heteroatoms. The van der Waals surface area contributed by atoms with E-state index in [0.717, 1.165) is 84.7 Å². The van der Waals surface area contributed by atoms with Crippen molar-refractivity contribution in [1.29, 1.82) is 0 Å². The minimum atomic E-state index is -0.160. The Morgan fingerprint density at radius 2 is 1.55 bits per heavy atom. The lowest BCUT2D eigenvalue weighted by Crippen LogP contribution is -2.34. The number of likely N-dealkylation sites (tertiary alicyclic amines) is 1. The number of Topliss-reactive ketones (excluding diaryl/α,β-unsaturated/α-hetero) is 1. The number of hydrogen-bond donors (Lipinski definition) is 3. The molecule has 1 saturated heterocycles. The van der Waals surface area contributed by atoms with Gasteiger partial charge in [-0.25, -0.2) is 4.39 Å². The molecule has 3 atom stereocenters. The summed E-state index contributed by atoms with van der Waals surface area (Å²) in [5.41, 5.74) is 22.3. The molecule has 3 saturated carbocycles. The number of likely N-dealkylation sites (N-methyl/N-ethyl adjacent to an activating group) is 1. The number of nitrogens with zero attached hydrogens (tertiary/aromatic N) is 1. The van der Waals surface area contributed by atoms with Gasteiger partial charge in [0.05, 0.1) is 6.54 Å². The van der Waals surface area contributed by atoms with Gasteiger partial charge in [0.2, 0.25) is 0 Å². The molecule has 3 aliphatic carbocycles. The molecular formula is C60H103FN4O3S. The molecule has 394 valence electrons. The molecule has 2 aromatic rings. The van der Waals surface area contributed by atoms with E-state index in [4.69, 9.17) is 16.2 Å². The molecule has 4 aliphatic rings. The molecule has 0 spiro atoms. The summed E-state index contributed by atoms with van der Waals surface area (Å²) in [5, 5.41) is 3.06. The standard InChI is InChI=1S/C15H23N3O.C14H19F.C10H17N.C7H12O2.C5H10.C5H12.C4H8.H2S/c1-2-4-15(18-7-8-19)14(17)10-12-5-3-6-13(9-12)11-16;1-5-10(2)8-12(4)14-9-13(15)7-6-11(14)3;1-8(9-5-6-9)10-4-3-7-11(10)2;1-9-5-7(8)6-3-2-4-6;1-5-3-2-4-5;1-5(2,3)4;1-3-4-2;/h3-6,8-9,14,18H,2,7,10-11,16-17H2,1H3;6-10H,5H2,1-4H3;10H,3-7H2,1-2H3;6H,2-5H2,1H3;5H,2-4H2,1H3;1-4H3;3H,1,4H2,2H3;1H2/b15-4+;12-8-;;;;;;. The first-order valence-corrected chi connectivity index (χ1v) is 26.1. The zero-order chi connectivity index (χ0) is 51.7. The largest absolute Gasteiger partial charge is 0.381 e. The summed E-state index contributed by atoms with van der Waals surface area (Å²) < 4.78 is 17.8. The quantitative estimate of drug-likeness (QED) is 0.113. The van der Waals surface area contributed by atoms with Gasteiger partial charge < -0.3 is 26.3 Å². The zero-order valence-corrected chi connectivity index (χ0v) is 47.4. The molecule has 0 radical (unpaired) electrons. The maximum atomic E-state index is 13.1. The third kappa shape index (κ3) is 33.0. The predicted octanol–water partition coefficient (Wildman–Crippen LogP) is 14.4. The molecule has 5 N–H and O–H groups in total. The Labute approximate surface area is 430 Å². The Morgan fingerprint density at radius 1 is 0.971 bits per heavy atom. The molecule has 2 aromatic carbocycles. The van der Waals surface area contributed by atoms with Crippen LogP contribution in [0.1, 0.15) is 182 Å². The normalized spacial score (nSPS) is 17.2. The second-order valence-electron chi connectivity index (χ2n) is 20.8. The van der Waals surface area contributed by atoms with Crippen LogP contribution in [0.15, 0.2) is 84.1 Å². The average molecular weight is 980 g/mol. The van der Waals surface area contributed by atoms with Crippen LogP contribution in [0.25, 0.3) is 5.57 Å². The Balaban J connectivity index is 0. The maximum absolute atomic E-state index is 13.1. The number of nitrogens with two attached hydrogens (primary N) is 2. The molecular weight excluding hydrogens is 876 g/mol. The van der Waals surface area contributed by atoms with Crippen LogP contribution in [0.3, 0.4) is 0 Å². The van der Waals surface area contributed by atoms with Crippen LogP contribution in [0.4, 0.5) is 4.39 Å². The van der Waals surface area contributed by atoms with Crippen LogP contribution < -0.4 is 16.8 Å². The van der Waals surface area contributed by atoms with Crippen LogP contribution in [-0.4, -0.2) is 62.9 Å². The molecule has 3 unspecified atom stereocenters. The van der Waals surface area contributed by atoms with Crippen molar-refractivity contribution in [3.63, 3.8) is 0 Å². The summed E-state index contributed by atoms with van der Waals surface area (Å²) >= 11 is 0. The van der Waals surface area contributed by atoms with Crippen molar-refractivity contribution in [2.75, 3.05) is 33.9 Å². The number of allylic oxidation sites excluding steroid dienone is 5. The van der Waals surface area contributed by atoms with Crippen LogP contribution in [-0.2, 0) is 27.3 Å². The highest BCUT2D eigenvalue weighted by molar-refractivity contribution is 7.59. The topological polar surface area (TPSA) is 111 Å². The number of aldehydes is 1. The van der Waals surface area contributed by atoms with Gasteiger partial charge in [-0.1, -0.05) is 154 Å². The number of carbonyl (C=O) groups excluding carboxylic acids is 2. The van der Waals surface area contributed by atoms with E-state index < -0.39 is 0 Å². The van der Waals surface area contributed by atoms with Crippen LogP contribution in [0, 0.1) is 35.9 Å². The molecule has 0 bridgehead atoms. The molecule has 6 rings (SSSR count). The number of nitrogens with one attached hydrogen (secondary N) is 1. The van der Waals surface area contributed by atoms with E-state index in [-0.39, 0.29) is 31.1 Å². The average Bonchev–Trinajstić information content (AvgIpc) is 4.04. The number of carbonyl (C=O) groups is 2. The lowest BCUT2D eigenvalue weighted by Gasteiger charge is -2.22. The highest BCUT2D eigenvalue weighted by Gasteiger charge is 2.27. The third-order valence-corrected chi connectivity index (χ3v) is 12.3. The monoisotopic (exact) mass is 979 g/mol. The van der Waals surface area contributed by atoms with Crippen LogP contribution >= 0.6 is 13.5 Å². The van der Waals surface area contributed by atoms with E-state index in [1.54, 1.807) is 24.3 Å². The van der Waals surface area contributed by atoms with Crippen molar-refractivity contribution in [3.8, 4) is 0 Å². The van der Waals surface area contributed by atoms with Crippen molar-refractivity contribution in [2.24, 2.45) is 34.6 Å². The van der Waals surface area contributed by atoms with E-state index in [2.05, 4.69) is 98.3 Å². The Kier molecular flexibility index (Phi) is 38.6. The van der Waals surface area contributed by atoms with E-state index in [1.165, 1.54) is 69.6 Å². The lowest BCUT2D eigenvalue weighted by molar-refractivity contribution is -0.128. The summed E-state index contributed by atoms with van der Waals surface area (Å²) in [7, 11) is 3.82. The number of halogens is 1. The molecule has 1 aliphatic heterocycles. The van der Waals surface area contributed by atoms with Crippen molar-refractivity contribution in [1.82, 2.24) is 10.2 Å². The number of aryl methyl sites for hydroxylation is 1. The molecule has 69 heavy (non-hydrogen) atoms. The van der Waals surface area contributed by atoms with Gasteiger partial charge in [0.15, 0.2) is 5.78 Å². The second kappa shape index (κ2) is 39.3. The van der Waals surface area contributed by atoms with Crippen molar-refractivity contribution < 1.29 is 18.7 Å². The molecule has 0 amide bonds. The smallest absolute Gasteiger partial charge is 0.161 e. The first-order valence-electron chi connectivity index (χ1n) is 26.1. The summed E-state index contributed by atoms with van der Waals surface area (Å²) in [4.78, 5) is 23.8. The van der Waals surface area contributed by atoms with E-state index in [1.807, 2.05) is 57.2 Å². The second-order valence-corrected chi connectivity index (χ2v) is 20.8. The number of ketones is 1. The van der Waals surface area contributed by atoms with E-state index in [9.17, 15) is 14.0 Å². The fourth-order valence-electron chi connectivity index (χ4n) is 7.39. The molecule has 0 aromatic heterocycles. The highest BCUT2D eigenvalue weighted by atomic mass is 32.1.